The van der Waals surface area contributed by atoms with E-state index < -0.39 is 15.7 Å². The molecule has 0 fully saturated rings. The van der Waals surface area contributed by atoms with E-state index in [1.807, 2.05) is 0 Å². The van der Waals surface area contributed by atoms with Gasteiger partial charge in [0.1, 0.15) is 12.6 Å². The minimum absolute atomic E-state index is 0.0375. The van der Waals surface area contributed by atoms with Crippen LogP contribution in [0.3, 0.4) is 0 Å². The first-order valence-corrected chi connectivity index (χ1v) is 3.66. The molecule has 0 aliphatic rings. The van der Waals surface area contributed by atoms with E-state index in [9.17, 15) is 20.2 Å². The Morgan fingerprint density at radius 2 is 2.00 bits per heavy atom. The van der Waals surface area contributed by atoms with Crippen molar-refractivity contribution in [3.05, 3.63) is 32.5 Å². The van der Waals surface area contributed by atoms with Crippen LogP contribution in [0.2, 0.25) is 0 Å². The summed E-state index contributed by atoms with van der Waals surface area (Å²) in [5, 5.41) is 29.3. The molecule has 0 radical (unpaired) electrons. The van der Waals surface area contributed by atoms with Gasteiger partial charge in [0.2, 0.25) is 0 Å². The molecule has 0 aliphatic carbocycles. The Bertz CT molecular complexity index is 372. The molecule has 1 N–H and O–H groups in total. The molecule has 0 atom stereocenters. The Labute approximate surface area is 77.7 Å². The van der Waals surface area contributed by atoms with E-state index in [0.717, 1.165) is 16.8 Å². The van der Waals surface area contributed by atoms with Crippen LogP contribution < -0.4 is 0 Å². The van der Waals surface area contributed by atoms with Gasteiger partial charge in [0, 0.05) is 0 Å². The molecule has 0 aliphatic heterocycles. The smallest absolute Gasteiger partial charge is 0.330 e. The summed E-state index contributed by atoms with van der Waals surface area (Å²) in [7, 11) is 0. The maximum Gasteiger partial charge on any atom is 0.330 e. The van der Waals surface area contributed by atoms with E-state index in [-0.39, 0.29) is 18.8 Å². The number of aromatic nitrogens is 1. The van der Waals surface area contributed by atoms with E-state index in [1.165, 1.54) is 0 Å². The minimum atomic E-state index is -0.733. The van der Waals surface area contributed by atoms with Crippen LogP contribution in [0, 0.1) is 20.2 Å². The lowest BCUT2D eigenvalue weighted by molar-refractivity contribution is -0.395. The molecule has 76 valence electrons. The van der Waals surface area contributed by atoms with Gasteiger partial charge in [-0.1, -0.05) is 0 Å². The van der Waals surface area contributed by atoms with Gasteiger partial charge in [0.05, 0.1) is 11.5 Å². The Morgan fingerprint density at radius 1 is 1.36 bits per heavy atom. The van der Waals surface area contributed by atoms with Crippen molar-refractivity contribution >= 4 is 11.5 Å². The van der Waals surface area contributed by atoms with Crippen LogP contribution in [0.5, 0.6) is 0 Å². The fourth-order valence-corrected chi connectivity index (χ4v) is 1.02. The van der Waals surface area contributed by atoms with Crippen molar-refractivity contribution in [3.63, 3.8) is 0 Å². The number of nitro groups is 2. The number of aliphatic hydroxyl groups is 1. The van der Waals surface area contributed by atoms with Gasteiger partial charge in [-0.15, -0.1) is 0 Å². The van der Waals surface area contributed by atoms with Crippen LogP contribution in [0.4, 0.5) is 11.5 Å². The highest BCUT2D eigenvalue weighted by Crippen LogP contribution is 2.22. The van der Waals surface area contributed by atoms with Gasteiger partial charge in [-0.25, -0.2) is 4.57 Å². The van der Waals surface area contributed by atoms with E-state index in [2.05, 4.69) is 0 Å². The maximum absolute atomic E-state index is 10.4. The molecular weight excluding hydrogens is 194 g/mol. The van der Waals surface area contributed by atoms with Crippen LogP contribution in [0.15, 0.2) is 12.3 Å². The molecular formula is C6H7N3O5. The van der Waals surface area contributed by atoms with E-state index in [4.69, 9.17) is 5.11 Å². The van der Waals surface area contributed by atoms with Crippen LogP contribution in [-0.2, 0) is 6.54 Å². The molecule has 1 aromatic heterocycles. The lowest BCUT2D eigenvalue weighted by Crippen LogP contribution is -2.04. The van der Waals surface area contributed by atoms with Gasteiger partial charge in [0.15, 0.2) is 6.20 Å². The molecule has 8 heteroatoms. The van der Waals surface area contributed by atoms with E-state index in [1.54, 1.807) is 0 Å². The first-order chi connectivity index (χ1) is 6.56. The summed E-state index contributed by atoms with van der Waals surface area (Å²) in [6, 6.07) is 0.857. The third kappa shape index (κ3) is 1.85. The topological polar surface area (TPSA) is 111 Å². The van der Waals surface area contributed by atoms with Crippen molar-refractivity contribution < 1.29 is 15.0 Å². The van der Waals surface area contributed by atoms with E-state index >= 15 is 0 Å². The number of rotatable bonds is 4. The van der Waals surface area contributed by atoms with Crippen LogP contribution in [-0.4, -0.2) is 26.1 Å². The van der Waals surface area contributed by atoms with Gasteiger partial charge in [0.25, 0.3) is 0 Å². The number of hydrogen-bond acceptors (Lipinski definition) is 5. The normalized spacial score (nSPS) is 10.1. The number of aliphatic hydroxyl groups excluding tert-OH is 1. The third-order valence-corrected chi connectivity index (χ3v) is 1.60. The average Bonchev–Trinajstić information content (AvgIpc) is 2.49. The molecule has 0 saturated heterocycles. The maximum atomic E-state index is 10.4. The highest BCUT2D eigenvalue weighted by Gasteiger charge is 2.21. The van der Waals surface area contributed by atoms with Crippen LogP contribution >= 0.6 is 0 Å². The van der Waals surface area contributed by atoms with E-state index in [0.29, 0.717) is 0 Å². The fourth-order valence-electron chi connectivity index (χ4n) is 1.02. The summed E-state index contributed by atoms with van der Waals surface area (Å²) < 4.78 is 1.03. The minimum Gasteiger partial charge on any atom is -0.392 e. The molecule has 0 saturated carbocycles. The summed E-state index contributed by atoms with van der Waals surface area (Å²) in [5.41, 5.74) is -0.356. The van der Waals surface area contributed by atoms with Crippen molar-refractivity contribution in [3.8, 4) is 0 Å². The highest BCUT2D eigenvalue weighted by atomic mass is 16.6. The molecule has 1 rings (SSSR count). The summed E-state index contributed by atoms with van der Waals surface area (Å²) in [5.74, 6) is -0.397. The van der Waals surface area contributed by atoms with Crippen molar-refractivity contribution in [1.29, 1.82) is 0 Å². The SMILES string of the molecule is O=[N+]([O-])c1cc([N+](=O)[O-])n(CCO)c1. The molecule has 0 spiro atoms. The second-order valence-electron chi connectivity index (χ2n) is 2.49. The highest BCUT2D eigenvalue weighted by molar-refractivity contribution is 5.39. The number of nitrogens with zero attached hydrogens (tertiary/aromatic N) is 3. The van der Waals surface area contributed by atoms with Crippen molar-refractivity contribution in [2.24, 2.45) is 0 Å². The summed E-state index contributed by atoms with van der Waals surface area (Å²) in [6.07, 6.45) is 1.02. The second-order valence-corrected chi connectivity index (χ2v) is 2.49. The quantitative estimate of drug-likeness (QED) is 0.556. The van der Waals surface area contributed by atoms with Crippen molar-refractivity contribution in [2.45, 2.75) is 6.54 Å². The molecule has 0 bridgehead atoms. The number of hydrogen-bond donors (Lipinski definition) is 1. The van der Waals surface area contributed by atoms with Gasteiger partial charge in [-0.05, 0) is 4.92 Å². The van der Waals surface area contributed by atoms with Crippen molar-refractivity contribution in [2.75, 3.05) is 6.61 Å². The monoisotopic (exact) mass is 201 g/mol. The Morgan fingerprint density at radius 3 is 2.43 bits per heavy atom. The Balaban J connectivity index is 3.12. The Kier molecular flexibility index (Phi) is 2.77. The summed E-state index contributed by atoms with van der Waals surface area (Å²) >= 11 is 0. The molecule has 0 unspecified atom stereocenters. The summed E-state index contributed by atoms with van der Waals surface area (Å²) in [4.78, 5) is 19.3. The standard InChI is InChI=1S/C6H7N3O5/c10-2-1-7-4-5(8(11)12)3-6(7)9(13)14/h3-4,10H,1-2H2. The van der Waals surface area contributed by atoms with Gasteiger partial charge >= 0.3 is 11.5 Å². The lowest BCUT2D eigenvalue weighted by Gasteiger charge is -1.96. The average molecular weight is 201 g/mol. The second kappa shape index (κ2) is 3.83. The summed E-state index contributed by atoms with van der Waals surface area (Å²) in [6.45, 7) is -0.350. The zero-order valence-corrected chi connectivity index (χ0v) is 6.99. The molecule has 8 nitrogen and oxygen atoms in total. The molecule has 1 heterocycles. The van der Waals surface area contributed by atoms with Gasteiger partial charge < -0.3 is 15.2 Å². The third-order valence-electron chi connectivity index (χ3n) is 1.60. The molecule has 14 heavy (non-hydrogen) atoms. The Hall–Kier alpha value is -1.96. The molecule has 0 aromatic carbocycles. The zero-order chi connectivity index (χ0) is 10.7. The van der Waals surface area contributed by atoms with Gasteiger partial charge in [-0.2, -0.15) is 0 Å². The van der Waals surface area contributed by atoms with Crippen molar-refractivity contribution in [1.82, 2.24) is 4.57 Å². The first kappa shape index (κ1) is 10.1. The lowest BCUT2D eigenvalue weighted by atomic mass is 10.5. The fraction of sp³-hybridized carbons (Fsp3) is 0.333. The first-order valence-electron chi connectivity index (χ1n) is 3.66. The largest absolute Gasteiger partial charge is 0.392 e. The van der Waals surface area contributed by atoms with Crippen LogP contribution in [0.1, 0.15) is 0 Å². The predicted octanol–water partition coefficient (Wildman–Crippen LogP) is 0.297. The predicted molar refractivity (Wildman–Crippen MR) is 44.8 cm³/mol. The van der Waals surface area contributed by atoms with Gasteiger partial charge in [-0.3, -0.25) is 10.1 Å². The molecule has 0 amide bonds. The molecule has 1 aromatic rings. The van der Waals surface area contributed by atoms with Crippen LogP contribution in [0.25, 0.3) is 0 Å². The zero-order valence-electron chi connectivity index (χ0n) is 6.99.